The molecule has 0 unspecified atom stereocenters. The number of aromatic amines is 1. The van der Waals surface area contributed by atoms with Crippen molar-refractivity contribution in [3.05, 3.63) is 29.1 Å². The molecule has 0 radical (unpaired) electrons. The fourth-order valence-corrected chi connectivity index (χ4v) is 1.34. The predicted molar refractivity (Wildman–Crippen MR) is 60.1 cm³/mol. The summed E-state index contributed by atoms with van der Waals surface area (Å²) < 4.78 is 5.33. The number of carbonyl (C=O) groups excluding carboxylic acids is 1. The summed E-state index contributed by atoms with van der Waals surface area (Å²) in [6.07, 6.45) is 1.37. The lowest BCUT2D eigenvalue weighted by molar-refractivity contribution is 0.0948. The molecule has 0 atom stereocenters. The van der Waals surface area contributed by atoms with Gasteiger partial charge < -0.3 is 15.5 Å². The van der Waals surface area contributed by atoms with Crippen molar-refractivity contribution in [1.29, 1.82) is 0 Å². The van der Waals surface area contributed by atoms with Gasteiger partial charge >= 0.3 is 0 Å². The van der Waals surface area contributed by atoms with Gasteiger partial charge in [-0.3, -0.25) is 9.89 Å². The standard InChI is InChI=1S/C10H13N5O2/c1-5-6(2)17-8(14-5)4-12-10(16)7-3-13-15-9(7)11/h3H,4H2,1-2H3,(H,12,16)(H3,11,13,15). The third-order valence-corrected chi connectivity index (χ3v) is 2.39. The van der Waals surface area contributed by atoms with Gasteiger partial charge in [0, 0.05) is 0 Å². The fraction of sp³-hybridized carbons (Fsp3) is 0.300. The molecule has 7 heteroatoms. The summed E-state index contributed by atoms with van der Waals surface area (Å²) in [5.41, 5.74) is 6.65. The molecule has 0 fully saturated rings. The number of aryl methyl sites for hydroxylation is 2. The van der Waals surface area contributed by atoms with Crippen molar-refractivity contribution in [2.24, 2.45) is 0 Å². The van der Waals surface area contributed by atoms with E-state index in [1.54, 1.807) is 0 Å². The first kappa shape index (κ1) is 11.2. The van der Waals surface area contributed by atoms with Crippen molar-refractivity contribution in [2.45, 2.75) is 20.4 Å². The number of hydrogen-bond acceptors (Lipinski definition) is 5. The second-order valence-electron chi connectivity index (χ2n) is 3.63. The number of hydrogen-bond donors (Lipinski definition) is 3. The van der Waals surface area contributed by atoms with Gasteiger partial charge in [-0.2, -0.15) is 5.10 Å². The lowest BCUT2D eigenvalue weighted by Gasteiger charge is -2.00. The zero-order chi connectivity index (χ0) is 12.4. The summed E-state index contributed by atoms with van der Waals surface area (Å²) in [6.45, 7) is 3.89. The van der Waals surface area contributed by atoms with Crippen LogP contribution in [-0.4, -0.2) is 21.1 Å². The number of rotatable bonds is 3. The molecule has 0 aliphatic heterocycles. The third-order valence-electron chi connectivity index (χ3n) is 2.39. The first-order chi connectivity index (χ1) is 8.08. The van der Waals surface area contributed by atoms with Crippen LogP contribution in [0.15, 0.2) is 10.6 Å². The number of nitrogen functional groups attached to an aromatic ring is 1. The second kappa shape index (κ2) is 4.28. The van der Waals surface area contributed by atoms with E-state index < -0.39 is 0 Å². The number of nitrogens with two attached hydrogens (primary N) is 1. The minimum absolute atomic E-state index is 0.220. The van der Waals surface area contributed by atoms with Crippen LogP contribution in [0.3, 0.4) is 0 Å². The summed E-state index contributed by atoms with van der Waals surface area (Å²) in [5.74, 6) is 1.14. The quantitative estimate of drug-likeness (QED) is 0.718. The van der Waals surface area contributed by atoms with Gasteiger partial charge in [-0.1, -0.05) is 0 Å². The molecule has 90 valence electrons. The third kappa shape index (κ3) is 2.27. The van der Waals surface area contributed by atoms with Crippen LogP contribution in [0.4, 0.5) is 5.82 Å². The van der Waals surface area contributed by atoms with Crippen LogP contribution in [0, 0.1) is 13.8 Å². The largest absolute Gasteiger partial charge is 0.444 e. The Hall–Kier alpha value is -2.31. The number of carbonyl (C=O) groups is 1. The van der Waals surface area contributed by atoms with Gasteiger partial charge in [0.05, 0.1) is 18.4 Å². The molecule has 0 bridgehead atoms. The number of amides is 1. The van der Waals surface area contributed by atoms with Crippen LogP contribution in [0.5, 0.6) is 0 Å². The van der Waals surface area contributed by atoms with Crippen LogP contribution >= 0.6 is 0 Å². The van der Waals surface area contributed by atoms with Crippen LogP contribution < -0.4 is 11.1 Å². The van der Waals surface area contributed by atoms with Gasteiger partial charge in [-0.25, -0.2) is 4.98 Å². The van der Waals surface area contributed by atoms with Gasteiger partial charge in [-0.15, -0.1) is 0 Å². The summed E-state index contributed by atoms with van der Waals surface area (Å²) in [5, 5.41) is 8.80. The molecule has 17 heavy (non-hydrogen) atoms. The monoisotopic (exact) mass is 235 g/mol. The highest BCUT2D eigenvalue weighted by molar-refractivity contribution is 5.97. The van der Waals surface area contributed by atoms with Crippen molar-refractivity contribution >= 4 is 11.7 Å². The normalized spacial score (nSPS) is 10.5. The van der Waals surface area contributed by atoms with Crippen molar-refractivity contribution in [3.63, 3.8) is 0 Å². The van der Waals surface area contributed by atoms with E-state index in [9.17, 15) is 4.79 Å². The maximum Gasteiger partial charge on any atom is 0.257 e. The molecular weight excluding hydrogens is 222 g/mol. The average Bonchev–Trinajstić information content (AvgIpc) is 2.83. The Bertz CT molecular complexity index is 523. The number of aromatic nitrogens is 3. The first-order valence-electron chi connectivity index (χ1n) is 5.08. The molecular formula is C10H13N5O2. The molecule has 1 amide bonds. The summed E-state index contributed by atoms with van der Waals surface area (Å²) >= 11 is 0. The zero-order valence-electron chi connectivity index (χ0n) is 9.57. The highest BCUT2D eigenvalue weighted by Crippen LogP contribution is 2.09. The van der Waals surface area contributed by atoms with Crippen LogP contribution in [0.25, 0.3) is 0 Å². The number of oxazole rings is 1. The topological polar surface area (TPSA) is 110 Å². The molecule has 0 saturated carbocycles. The molecule has 2 aromatic rings. The van der Waals surface area contributed by atoms with E-state index >= 15 is 0 Å². The van der Waals surface area contributed by atoms with Gasteiger partial charge in [0.15, 0.2) is 0 Å². The lowest BCUT2D eigenvalue weighted by atomic mass is 10.3. The lowest BCUT2D eigenvalue weighted by Crippen LogP contribution is -2.23. The van der Waals surface area contributed by atoms with Crippen LogP contribution in [0.2, 0.25) is 0 Å². The molecule has 2 aromatic heterocycles. The summed E-state index contributed by atoms with van der Waals surface area (Å²) in [7, 11) is 0. The Balaban J connectivity index is 1.99. The second-order valence-corrected chi connectivity index (χ2v) is 3.63. The highest BCUT2D eigenvalue weighted by atomic mass is 16.4. The molecule has 2 heterocycles. The number of anilines is 1. The molecule has 0 aliphatic carbocycles. The van der Waals surface area contributed by atoms with Gasteiger partial charge in [0.1, 0.15) is 17.1 Å². The van der Waals surface area contributed by atoms with Crippen LogP contribution in [0.1, 0.15) is 27.7 Å². The minimum Gasteiger partial charge on any atom is -0.444 e. The Morgan fingerprint density at radius 1 is 1.59 bits per heavy atom. The van der Waals surface area contributed by atoms with Gasteiger partial charge in [-0.05, 0) is 13.8 Å². The Kier molecular flexibility index (Phi) is 2.82. The minimum atomic E-state index is -0.315. The van der Waals surface area contributed by atoms with E-state index in [0.717, 1.165) is 11.5 Å². The molecule has 4 N–H and O–H groups in total. The van der Waals surface area contributed by atoms with E-state index in [1.165, 1.54) is 6.20 Å². The average molecular weight is 235 g/mol. The van der Waals surface area contributed by atoms with Crippen molar-refractivity contribution in [3.8, 4) is 0 Å². The van der Waals surface area contributed by atoms with E-state index in [2.05, 4.69) is 20.5 Å². The zero-order valence-corrected chi connectivity index (χ0v) is 9.57. The Morgan fingerprint density at radius 3 is 2.88 bits per heavy atom. The number of nitrogens with zero attached hydrogens (tertiary/aromatic N) is 2. The fourth-order valence-electron chi connectivity index (χ4n) is 1.34. The molecule has 2 rings (SSSR count). The molecule has 0 aromatic carbocycles. The van der Waals surface area contributed by atoms with E-state index in [4.69, 9.17) is 10.2 Å². The Labute approximate surface area is 97.4 Å². The molecule has 7 nitrogen and oxygen atoms in total. The van der Waals surface area contributed by atoms with Crippen molar-refractivity contribution in [2.75, 3.05) is 5.73 Å². The summed E-state index contributed by atoms with van der Waals surface area (Å²) in [6, 6.07) is 0. The van der Waals surface area contributed by atoms with Gasteiger partial charge in [0.25, 0.3) is 5.91 Å². The molecule has 0 aliphatic rings. The molecule has 0 saturated heterocycles. The summed E-state index contributed by atoms with van der Waals surface area (Å²) in [4.78, 5) is 15.8. The predicted octanol–water partition coefficient (Wildman–Crippen LogP) is 0.527. The Morgan fingerprint density at radius 2 is 2.35 bits per heavy atom. The first-order valence-corrected chi connectivity index (χ1v) is 5.08. The maximum absolute atomic E-state index is 11.7. The SMILES string of the molecule is Cc1nc(CNC(=O)c2cn[nH]c2N)oc1C. The number of H-pyrrole nitrogens is 1. The van der Waals surface area contributed by atoms with Gasteiger partial charge in [0.2, 0.25) is 5.89 Å². The number of nitrogens with one attached hydrogen (secondary N) is 2. The van der Waals surface area contributed by atoms with E-state index in [-0.39, 0.29) is 18.3 Å². The van der Waals surface area contributed by atoms with Crippen molar-refractivity contribution in [1.82, 2.24) is 20.5 Å². The maximum atomic E-state index is 11.7. The van der Waals surface area contributed by atoms with E-state index in [1.807, 2.05) is 13.8 Å². The van der Waals surface area contributed by atoms with Crippen molar-refractivity contribution < 1.29 is 9.21 Å². The smallest absolute Gasteiger partial charge is 0.257 e. The highest BCUT2D eigenvalue weighted by Gasteiger charge is 2.12. The molecule has 0 spiro atoms. The van der Waals surface area contributed by atoms with E-state index in [0.29, 0.717) is 11.5 Å². The van der Waals surface area contributed by atoms with Crippen LogP contribution in [-0.2, 0) is 6.54 Å².